The molecule has 1 amide bonds. The second-order valence-corrected chi connectivity index (χ2v) is 6.51. The Morgan fingerprint density at radius 1 is 1.04 bits per heavy atom. The summed E-state index contributed by atoms with van der Waals surface area (Å²) in [5, 5.41) is 6.18. The summed E-state index contributed by atoms with van der Waals surface area (Å²) in [6, 6.07) is 16.0. The zero-order valence-electron chi connectivity index (χ0n) is 15.4. The maximum Gasteiger partial charge on any atom is 0.269 e. The fourth-order valence-electron chi connectivity index (χ4n) is 2.80. The van der Waals surface area contributed by atoms with E-state index in [1.54, 1.807) is 24.4 Å². The van der Waals surface area contributed by atoms with Crippen LogP contribution in [0.25, 0.3) is 0 Å². The zero-order chi connectivity index (χ0) is 19.2. The molecule has 0 aliphatic rings. The number of benzene rings is 2. The number of aryl methyl sites for hydroxylation is 2. The van der Waals surface area contributed by atoms with Gasteiger partial charge in [0, 0.05) is 24.1 Å². The van der Waals surface area contributed by atoms with Crippen molar-refractivity contribution in [3.63, 3.8) is 0 Å². The third-order valence-electron chi connectivity index (χ3n) is 4.27. The molecule has 138 valence electrons. The van der Waals surface area contributed by atoms with Crippen LogP contribution in [-0.4, -0.2) is 17.4 Å². The highest BCUT2D eigenvalue weighted by Crippen LogP contribution is 2.21. The third-order valence-corrected chi connectivity index (χ3v) is 4.27. The van der Waals surface area contributed by atoms with Gasteiger partial charge >= 0.3 is 0 Å². The van der Waals surface area contributed by atoms with E-state index >= 15 is 0 Å². The lowest BCUT2D eigenvalue weighted by molar-refractivity contribution is 0.0949. The molecule has 0 radical (unpaired) electrons. The minimum atomic E-state index is -0.264. The monoisotopic (exact) mass is 363 g/mol. The lowest BCUT2D eigenvalue weighted by Gasteiger charge is -2.11. The van der Waals surface area contributed by atoms with E-state index in [0.29, 0.717) is 18.7 Å². The number of nitrogens with zero attached hydrogens (tertiary/aromatic N) is 1. The first-order valence-corrected chi connectivity index (χ1v) is 8.84. The smallest absolute Gasteiger partial charge is 0.269 e. The number of pyridine rings is 1. The average molecular weight is 363 g/mol. The molecule has 0 saturated heterocycles. The van der Waals surface area contributed by atoms with Crippen molar-refractivity contribution in [2.24, 2.45) is 0 Å². The van der Waals surface area contributed by atoms with Gasteiger partial charge in [-0.1, -0.05) is 29.8 Å². The molecule has 0 aliphatic carbocycles. The summed E-state index contributed by atoms with van der Waals surface area (Å²) in [5.74, 6) is -0.499. The van der Waals surface area contributed by atoms with Gasteiger partial charge in [-0.05, 0) is 61.7 Å². The highest BCUT2D eigenvalue weighted by atomic mass is 19.1. The summed E-state index contributed by atoms with van der Waals surface area (Å²) in [4.78, 5) is 16.5. The molecule has 3 aromatic rings. The first-order chi connectivity index (χ1) is 13.0. The van der Waals surface area contributed by atoms with E-state index in [2.05, 4.69) is 28.6 Å². The van der Waals surface area contributed by atoms with Gasteiger partial charge in [-0.15, -0.1) is 0 Å². The molecule has 0 atom stereocenters. The van der Waals surface area contributed by atoms with Crippen LogP contribution in [0.5, 0.6) is 0 Å². The van der Waals surface area contributed by atoms with E-state index in [0.717, 1.165) is 22.5 Å². The van der Waals surface area contributed by atoms with Crippen molar-refractivity contribution in [2.45, 2.75) is 20.3 Å². The molecule has 2 aromatic carbocycles. The van der Waals surface area contributed by atoms with Crippen LogP contribution in [0, 0.1) is 19.7 Å². The number of carbonyl (C=O) groups is 1. The summed E-state index contributed by atoms with van der Waals surface area (Å²) < 4.78 is 12.9. The number of anilines is 2. The zero-order valence-corrected chi connectivity index (χ0v) is 15.4. The van der Waals surface area contributed by atoms with Crippen LogP contribution >= 0.6 is 0 Å². The predicted octanol–water partition coefficient (Wildman–Crippen LogP) is 4.55. The highest BCUT2D eigenvalue weighted by Gasteiger charge is 2.08. The number of carbonyl (C=O) groups excluding carboxylic acids is 1. The Morgan fingerprint density at radius 3 is 2.56 bits per heavy atom. The molecule has 0 saturated carbocycles. The average Bonchev–Trinajstić information content (AvgIpc) is 2.66. The van der Waals surface area contributed by atoms with E-state index in [4.69, 9.17) is 0 Å². The van der Waals surface area contributed by atoms with Crippen molar-refractivity contribution in [1.29, 1.82) is 0 Å². The molecular weight excluding hydrogens is 341 g/mol. The van der Waals surface area contributed by atoms with Crippen molar-refractivity contribution < 1.29 is 9.18 Å². The molecule has 0 fully saturated rings. The van der Waals surface area contributed by atoms with Gasteiger partial charge in [0.1, 0.15) is 11.5 Å². The summed E-state index contributed by atoms with van der Waals surface area (Å²) in [6.07, 6.45) is 2.24. The van der Waals surface area contributed by atoms with Crippen LogP contribution < -0.4 is 10.6 Å². The van der Waals surface area contributed by atoms with Crippen LogP contribution in [0.4, 0.5) is 15.8 Å². The van der Waals surface area contributed by atoms with E-state index in [-0.39, 0.29) is 11.7 Å². The minimum Gasteiger partial charge on any atom is -0.355 e. The Balaban J connectivity index is 1.60. The molecular formula is C22H22FN3O. The van der Waals surface area contributed by atoms with Crippen molar-refractivity contribution >= 4 is 17.3 Å². The Kier molecular flexibility index (Phi) is 5.81. The fraction of sp³-hybridized carbons (Fsp3) is 0.182. The Bertz CT molecular complexity index is 939. The number of halogens is 1. The number of rotatable bonds is 6. The van der Waals surface area contributed by atoms with Crippen LogP contribution in [0.2, 0.25) is 0 Å². The molecule has 0 spiro atoms. The first-order valence-electron chi connectivity index (χ1n) is 8.84. The van der Waals surface area contributed by atoms with Gasteiger partial charge in [-0.2, -0.15) is 0 Å². The van der Waals surface area contributed by atoms with E-state index in [1.807, 2.05) is 25.1 Å². The fourth-order valence-corrected chi connectivity index (χ4v) is 2.80. The van der Waals surface area contributed by atoms with Gasteiger partial charge in [-0.3, -0.25) is 9.78 Å². The van der Waals surface area contributed by atoms with Crippen molar-refractivity contribution in [2.75, 3.05) is 11.9 Å². The van der Waals surface area contributed by atoms with Crippen molar-refractivity contribution in [3.05, 3.63) is 89.0 Å². The quantitative estimate of drug-likeness (QED) is 0.675. The topological polar surface area (TPSA) is 54.0 Å². The highest BCUT2D eigenvalue weighted by molar-refractivity contribution is 5.93. The molecule has 3 rings (SSSR count). The normalized spacial score (nSPS) is 10.5. The van der Waals surface area contributed by atoms with Crippen molar-refractivity contribution in [3.8, 4) is 0 Å². The van der Waals surface area contributed by atoms with Crippen LogP contribution in [0.1, 0.15) is 27.2 Å². The number of amides is 1. The van der Waals surface area contributed by atoms with E-state index < -0.39 is 0 Å². The lowest BCUT2D eigenvalue weighted by Crippen LogP contribution is -2.26. The Morgan fingerprint density at radius 2 is 1.81 bits per heavy atom. The SMILES string of the molecule is Cc1ccc(Nc2ccnc(C(=O)NCCc3ccc(F)cc3)c2)c(C)c1. The Labute approximate surface area is 158 Å². The molecule has 0 unspecified atom stereocenters. The third kappa shape index (κ3) is 5.14. The standard InChI is InChI=1S/C22H22FN3O/c1-15-3-8-20(16(2)13-15)26-19-10-12-24-21(14-19)22(27)25-11-9-17-4-6-18(23)7-5-17/h3-8,10,12-14H,9,11H2,1-2H3,(H,24,26)(H,25,27). The number of nitrogens with one attached hydrogen (secondary N) is 2. The van der Waals surface area contributed by atoms with Gasteiger partial charge < -0.3 is 10.6 Å². The maximum absolute atomic E-state index is 12.9. The molecule has 0 bridgehead atoms. The maximum atomic E-state index is 12.9. The lowest BCUT2D eigenvalue weighted by atomic mass is 10.1. The summed E-state index contributed by atoms with van der Waals surface area (Å²) >= 11 is 0. The molecule has 0 aliphatic heterocycles. The van der Waals surface area contributed by atoms with Gasteiger partial charge in [0.15, 0.2) is 0 Å². The largest absolute Gasteiger partial charge is 0.355 e. The molecule has 5 heteroatoms. The van der Waals surface area contributed by atoms with Crippen LogP contribution in [-0.2, 0) is 6.42 Å². The second kappa shape index (κ2) is 8.45. The number of hydrogen-bond acceptors (Lipinski definition) is 3. The first kappa shape index (κ1) is 18.6. The second-order valence-electron chi connectivity index (χ2n) is 6.51. The summed E-state index contributed by atoms with van der Waals surface area (Å²) in [6.45, 7) is 4.55. The van der Waals surface area contributed by atoms with Gasteiger partial charge in [-0.25, -0.2) is 4.39 Å². The Hall–Kier alpha value is -3.21. The molecule has 4 nitrogen and oxygen atoms in total. The molecule has 27 heavy (non-hydrogen) atoms. The number of aromatic nitrogens is 1. The predicted molar refractivity (Wildman–Crippen MR) is 106 cm³/mol. The molecule has 1 aromatic heterocycles. The van der Waals surface area contributed by atoms with Crippen LogP contribution in [0.3, 0.4) is 0 Å². The summed E-state index contributed by atoms with van der Waals surface area (Å²) in [7, 11) is 0. The van der Waals surface area contributed by atoms with Gasteiger partial charge in [0.2, 0.25) is 0 Å². The molecule has 1 heterocycles. The van der Waals surface area contributed by atoms with Gasteiger partial charge in [0.25, 0.3) is 5.91 Å². The number of hydrogen-bond donors (Lipinski definition) is 2. The summed E-state index contributed by atoms with van der Waals surface area (Å²) in [5.41, 5.74) is 5.46. The van der Waals surface area contributed by atoms with E-state index in [1.165, 1.54) is 17.7 Å². The van der Waals surface area contributed by atoms with Crippen LogP contribution in [0.15, 0.2) is 60.8 Å². The molecule has 2 N–H and O–H groups in total. The van der Waals surface area contributed by atoms with Crippen molar-refractivity contribution in [1.82, 2.24) is 10.3 Å². The van der Waals surface area contributed by atoms with Gasteiger partial charge in [0.05, 0.1) is 0 Å². The van der Waals surface area contributed by atoms with E-state index in [9.17, 15) is 9.18 Å². The minimum absolute atomic E-state index is 0.235.